The van der Waals surface area contributed by atoms with Crippen molar-refractivity contribution in [1.82, 2.24) is 4.98 Å². The number of rotatable bonds is 1. The molecule has 0 aliphatic heterocycles. The minimum absolute atomic E-state index is 0.876. The minimum atomic E-state index is 0.876. The van der Waals surface area contributed by atoms with Crippen LogP contribution in [0.3, 0.4) is 0 Å². The molecule has 2 heterocycles. The van der Waals surface area contributed by atoms with E-state index in [1.807, 2.05) is 19.1 Å². The van der Waals surface area contributed by atoms with E-state index in [1.165, 1.54) is 11.1 Å². The molecule has 0 unspecified atom stereocenters. The van der Waals surface area contributed by atoms with Crippen LogP contribution in [-0.2, 0) is 0 Å². The van der Waals surface area contributed by atoms with Crippen molar-refractivity contribution in [3.05, 3.63) is 65.4 Å². The van der Waals surface area contributed by atoms with Crippen LogP contribution in [-0.4, -0.2) is 4.98 Å². The first-order valence-corrected chi connectivity index (χ1v) is 7.49. The van der Waals surface area contributed by atoms with Crippen molar-refractivity contribution in [3.8, 4) is 11.3 Å². The molecule has 2 aromatic carbocycles. The molecule has 0 aliphatic rings. The number of pyridine rings is 1. The first-order valence-electron chi connectivity index (χ1n) is 7.49. The molecule has 2 nitrogen and oxygen atoms in total. The second kappa shape index (κ2) is 4.70. The van der Waals surface area contributed by atoms with Crippen molar-refractivity contribution >= 4 is 21.9 Å². The number of fused-ring (bicyclic) bond motifs is 3. The predicted molar refractivity (Wildman–Crippen MR) is 91.2 cm³/mol. The monoisotopic (exact) mass is 287 g/mol. The Labute approximate surface area is 129 Å². The van der Waals surface area contributed by atoms with Crippen LogP contribution < -0.4 is 0 Å². The molecule has 0 saturated carbocycles. The van der Waals surface area contributed by atoms with Gasteiger partial charge in [-0.05, 0) is 45.0 Å². The highest BCUT2D eigenvalue weighted by Gasteiger charge is 2.14. The molecule has 0 radical (unpaired) electrons. The average Bonchev–Trinajstić information content (AvgIpc) is 2.87. The fourth-order valence-electron chi connectivity index (χ4n) is 3.17. The molecule has 0 amide bonds. The van der Waals surface area contributed by atoms with Crippen LogP contribution in [0, 0.1) is 20.8 Å². The Balaban J connectivity index is 2.15. The lowest BCUT2D eigenvalue weighted by molar-refractivity contribution is 0.578. The van der Waals surface area contributed by atoms with E-state index < -0.39 is 0 Å². The third-order valence-electron chi connectivity index (χ3n) is 3.99. The summed E-state index contributed by atoms with van der Waals surface area (Å²) in [7, 11) is 0. The second-order valence-electron chi connectivity index (χ2n) is 5.95. The number of hydrogen-bond donors (Lipinski definition) is 0. The Morgan fingerprint density at radius 2 is 1.55 bits per heavy atom. The number of benzene rings is 2. The highest BCUT2D eigenvalue weighted by molar-refractivity contribution is 6.08. The third-order valence-corrected chi connectivity index (χ3v) is 3.99. The van der Waals surface area contributed by atoms with Gasteiger partial charge in [-0.1, -0.05) is 35.4 Å². The average molecular weight is 287 g/mol. The Hall–Kier alpha value is -2.61. The van der Waals surface area contributed by atoms with E-state index in [2.05, 4.69) is 50.2 Å². The molecule has 2 aromatic heterocycles. The first kappa shape index (κ1) is 13.1. The molecule has 2 heteroatoms. The molecule has 0 bridgehead atoms. The molecule has 4 aromatic rings. The molecule has 4 rings (SSSR count). The van der Waals surface area contributed by atoms with E-state index in [0.717, 1.165) is 38.9 Å². The van der Waals surface area contributed by atoms with E-state index in [-0.39, 0.29) is 0 Å². The first-order chi connectivity index (χ1) is 10.6. The van der Waals surface area contributed by atoms with E-state index in [1.54, 1.807) is 0 Å². The van der Waals surface area contributed by atoms with Crippen LogP contribution in [0.2, 0.25) is 0 Å². The standard InChI is InChI=1S/C20H17NO/c1-12-8-13(2)10-15(9-12)19-20-17(11-14(3)22-20)16-6-4-5-7-18(16)21-19/h4-11H,1-3H3. The van der Waals surface area contributed by atoms with Gasteiger partial charge in [0.2, 0.25) is 0 Å². The zero-order chi connectivity index (χ0) is 15.3. The van der Waals surface area contributed by atoms with Crippen molar-refractivity contribution in [1.29, 1.82) is 0 Å². The summed E-state index contributed by atoms with van der Waals surface area (Å²) < 4.78 is 5.98. The van der Waals surface area contributed by atoms with E-state index >= 15 is 0 Å². The molecule has 108 valence electrons. The van der Waals surface area contributed by atoms with E-state index in [9.17, 15) is 0 Å². The summed E-state index contributed by atoms with van der Waals surface area (Å²) in [6.45, 7) is 6.21. The van der Waals surface area contributed by atoms with Crippen molar-refractivity contribution in [2.75, 3.05) is 0 Å². The van der Waals surface area contributed by atoms with Gasteiger partial charge in [-0.15, -0.1) is 0 Å². The summed E-state index contributed by atoms with van der Waals surface area (Å²) >= 11 is 0. The molecular formula is C20H17NO. The lowest BCUT2D eigenvalue weighted by atomic mass is 10.0. The van der Waals surface area contributed by atoms with Crippen molar-refractivity contribution in [2.24, 2.45) is 0 Å². The van der Waals surface area contributed by atoms with Gasteiger partial charge in [0.1, 0.15) is 11.5 Å². The molecule has 22 heavy (non-hydrogen) atoms. The number of furan rings is 1. The van der Waals surface area contributed by atoms with E-state index in [4.69, 9.17) is 9.40 Å². The van der Waals surface area contributed by atoms with Gasteiger partial charge in [0, 0.05) is 16.3 Å². The summed E-state index contributed by atoms with van der Waals surface area (Å²) in [5.74, 6) is 0.916. The zero-order valence-corrected chi connectivity index (χ0v) is 13.0. The van der Waals surface area contributed by atoms with Crippen molar-refractivity contribution in [2.45, 2.75) is 20.8 Å². The number of aromatic nitrogens is 1. The second-order valence-corrected chi connectivity index (χ2v) is 5.95. The maximum Gasteiger partial charge on any atom is 0.161 e. The molecular weight excluding hydrogens is 270 g/mol. The Kier molecular flexibility index (Phi) is 2.80. The summed E-state index contributed by atoms with van der Waals surface area (Å²) in [5, 5.41) is 2.28. The van der Waals surface area contributed by atoms with Gasteiger partial charge < -0.3 is 4.42 Å². The topological polar surface area (TPSA) is 26.0 Å². The molecule has 0 aliphatic carbocycles. The van der Waals surface area contributed by atoms with Crippen molar-refractivity contribution in [3.63, 3.8) is 0 Å². The quantitative estimate of drug-likeness (QED) is 0.457. The maximum absolute atomic E-state index is 5.98. The lowest BCUT2D eigenvalue weighted by Crippen LogP contribution is -1.89. The van der Waals surface area contributed by atoms with Gasteiger partial charge >= 0.3 is 0 Å². The number of nitrogens with zero attached hydrogens (tertiary/aromatic N) is 1. The lowest BCUT2D eigenvalue weighted by Gasteiger charge is -2.07. The van der Waals surface area contributed by atoms with Crippen LogP contribution >= 0.6 is 0 Å². The summed E-state index contributed by atoms with van der Waals surface area (Å²) in [4.78, 5) is 4.88. The normalized spacial score (nSPS) is 11.4. The molecule has 0 fully saturated rings. The highest BCUT2D eigenvalue weighted by atomic mass is 16.3. The molecule has 0 N–H and O–H groups in total. The molecule has 0 atom stereocenters. The van der Waals surface area contributed by atoms with Crippen molar-refractivity contribution < 1.29 is 4.42 Å². The van der Waals surface area contributed by atoms with Gasteiger partial charge in [-0.25, -0.2) is 4.98 Å². The largest absolute Gasteiger partial charge is 0.459 e. The third kappa shape index (κ3) is 2.00. The van der Waals surface area contributed by atoms with E-state index in [0.29, 0.717) is 0 Å². The minimum Gasteiger partial charge on any atom is -0.459 e. The van der Waals surface area contributed by atoms with Gasteiger partial charge in [-0.3, -0.25) is 0 Å². The smallest absolute Gasteiger partial charge is 0.161 e. The van der Waals surface area contributed by atoms with Crippen LogP contribution in [0.25, 0.3) is 33.1 Å². The summed E-state index contributed by atoms with van der Waals surface area (Å²) in [6, 6.07) is 16.8. The van der Waals surface area contributed by atoms with Crippen LogP contribution in [0.5, 0.6) is 0 Å². The fourth-order valence-corrected chi connectivity index (χ4v) is 3.17. The number of para-hydroxylation sites is 1. The fraction of sp³-hybridized carbons (Fsp3) is 0.150. The molecule has 0 spiro atoms. The Bertz CT molecular complexity index is 991. The Morgan fingerprint density at radius 3 is 2.32 bits per heavy atom. The van der Waals surface area contributed by atoms with Gasteiger partial charge in [0.15, 0.2) is 5.58 Å². The van der Waals surface area contributed by atoms with Gasteiger partial charge in [0.25, 0.3) is 0 Å². The number of aryl methyl sites for hydroxylation is 3. The van der Waals surface area contributed by atoms with Crippen LogP contribution in [0.15, 0.2) is 52.9 Å². The Morgan fingerprint density at radius 1 is 0.818 bits per heavy atom. The SMILES string of the molecule is Cc1cc(C)cc(-c2nc3ccccc3c3cc(C)oc23)c1. The van der Waals surface area contributed by atoms with Crippen LogP contribution in [0.1, 0.15) is 16.9 Å². The van der Waals surface area contributed by atoms with Gasteiger partial charge in [0.05, 0.1) is 5.52 Å². The number of hydrogen-bond acceptors (Lipinski definition) is 2. The highest BCUT2D eigenvalue weighted by Crippen LogP contribution is 2.34. The zero-order valence-electron chi connectivity index (χ0n) is 13.0. The summed E-state index contributed by atoms with van der Waals surface area (Å²) in [6.07, 6.45) is 0. The molecule has 0 saturated heterocycles. The maximum atomic E-state index is 5.98. The van der Waals surface area contributed by atoms with Crippen LogP contribution in [0.4, 0.5) is 0 Å². The predicted octanol–water partition coefficient (Wildman–Crippen LogP) is 5.57. The van der Waals surface area contributed by atoms with Gasteiger partial charge in [-0.2, -0.15) is 0 Å². The summed E-state index contributed by atoms with van der Waals surface area (Å²) in [5.41, 5.74) is 6.39.